The molecule has 29 heavy (non-hydrogen) atoms. The fourth-order valence-corrected chi connectivity index (χ4v) is 2.80. The van der Waals surface area contributed by atoms with Crippen molar-refractivity contribution in [3.05, 3.63) is 87.2 Å². The van der Waals surface area contributed by atoms with Crippen LogP contribution in [0.1, 0.15) is 22.3 Å². The Balaban J connectivity index is 1.47. The van der Waals surface area contributed by atoms with E-state index in [1.165, 1.54) is 12.1 Å². The lowest BCUT2D eigenvalue weighted by atomic mass is 10.1. The van der Waals surface area contributed by atoms with Crippen molar-refractivity contribution in [3.63, 3.8) is 0 Å². The quantitative estimate of drug-likeness (QED) is 0.326. The number of carbonyl (C=O) groups is 1. The van der Waals surface area contributed by atoms with Crippen molar-refractivity contribution in [2.45, 2.75) is 19.6 Å². The van der Waals surface area contributed by atoms with Crippen molar-refractivity contribution in [2.24, 2.45) is 0 Å². The van der Waals surface area contributed by atoms with Crippen LogP contribution in [-0.4, -0.2) is 27.2 Å². The highest BCUT2D eigenvalue weighted by Gasteiger charge is 2.08. The Labute approximate surface area is 172 Å². The minimum Gasteiger partial charge on any atom is -0.489 e. The van der Waals surface area contributed by atoms with Gasteiger partial charge in [-0.2, -0.15) is 5.10 Å². The summed E-state index contributed by atoms with van der Waals surface area (Å²) in [6.45, 7) is 1.43. The van der Waals surface area contributed by atoms with Gasteiger partial charge in [0, 0.05) is 37.0 Å². The number of nitro groups is 1. The highest BCUT2D eigenvalue weighted by atomic mass is 35.5. The van der Waals surface area contributed by atoms with E-state index in [1.54, 1.807) is 47.4 Å². The second-order valence-electron chi connectivity index (χ2n) is 6.27. The molecule has 0 radical (unpaired) electrons. The standard InChI is InChI=1S/C20H19ClN4O4/c21-17-12-23-24(13-17)10-2-9-22-20(26)16-4-1-3-15(11-16)14-29-19-7-5-18(6-8-19)25(27)28/h1,3-8,11-13H,2,9-10,14H2,(H,22,26). The molecule has 3 aromatic rings. The predicted molar refractivity (Wildman–Crippen MR) is 108 cm³/mol. The first-order valence-corrected chi connectivity index (χ1v) is 9.31. The number of benzene rings is 2. The molecule has 0 fully saturated rings. The van der Waals surface area contributed by atoms with E-state index in [0.29, 0.717) is 29.4 Å². The lowest BCUT2D eigenvalue weighted by Gasteiger charge is -2.09. The van der Waals surface area contributed by atoms with Crippen molar-refractivity contribution >= 4 is 23.2 Å². The molecule has 0 saturated heterocycles. The molecule has 8 nitrogen and oxygen atoms in total. The average molecular weight is 415 g/mol. The fourth-order valence-electron chi connectivity index (χ4n) is 2.64. The van der Waals surface area contributed by atoms with E-state index in [-0.39, 0.29) is 18.2 Å². The number of ether oxygens (including phenoxy) is 1. The van der Waals surface area contributed by atoms with E-state index < -0.39 is 4.92 Å². The average Bonchev–Trinajstić information content (AvgIpc) is 3.15. The van der Waals surface area contributed by atoms with E-state index in [9.17, 15) is 14.9 Å². The Kier molecular flexibility index (Phi) is 6.80. The number of non-ortho nitro benzene ring substituents is 1. The number of halogens is 1. The molecular weight excluding hydrogens is 396 g/mol. The molecule has 2 aromatic carbocycles. The molecular formula is C20H19ClN4O4. The number of nitrogens with zero attached hydrogens (tertiary/aromatic N) is 3. The first-order chi connectivity index (χ1) is 14.0. The lowest BCUT2D eigenvalue weighted by Crippen LogP contribution is -2.25. The molecule has 9 heteroatoms. The Morgan fingerprint density at radius 1 is 1.24 bits per heavy atom. The van der Waals surface area contributed by atoms with Crippen molar-refractivity contribution in [3.8, 4) is 5.75 Å². The largest absolute Gasteiger partial charge is 0.489 e. The van der Waals surface area contributed by atoms with E-state index >= 15 is 0 Å². The third-order valence-corrected chi connectivity index (χ3v) is 4.29. The highest BCUT2D eigenvalue weighted by Crippen LogP contribution is 2.18. The maximum Gasteiger partial charge on any atom is 0.269 e. The van der Waals surface area contributed by atoms with Crippen LogP contribution in [0.5, 0.6) is 5.75 Å². The van der Waals surface area contributed by atoms with Gasteiger partial charge in [-0.05, 0) is 36.2 Å². The summed E-state index contributed by atoms with van der Waals surface area (Å²) in [6, 6.07) is 13.0. The summed E-state index contributed by atoms with van der Waals surface area (Å²) < 4.78 is 7.36. The van der Waals surface area contributed by atoms with Gasteiger partial charge in [-0.15, -0.1) is 0 Å². The smallest absolute Gasteiger partial charge is 0.269 e. The second-order valence-corrected chi connectivity index (χ2v) is 6.71. The number of hydrogen-bond acceptors (Lipinski definition) is 5. The predicted octanol–water partition coefficient (Wildman–Crippen LogP) is 3.84. The molecule has 0 aliphatic carbocycles. The Morgan fingerprint density at radius 2 is 2.03 bits per heavy atom. The number of hydrogen-bond donors (Lipinski definition) is 1. The van der Waals surface area contributed by atoms with Crippen LogP contribution >= 0.6 is 11.6 Å². The molecule has 0 unspecified atom stereocenters. The zero-order valence-electron chi connectivity index (χ0n) is 15.5. The molecule has 1 amide bonds. The highest BCUT2D eigenvalue weighted by molar-refractivity contribution is 6.30. The molecule has 0 aliphatic heterocycles. The Hall–Kier alpha value is -3.39. The molecule has 3 rings (SSSR count). The molecule has 1 aromatic heterocycles. The fraction of sp³-hybridized carbons (Fsp3) is 0.200. The third-order valence-electron chi connectivity index (χ3n) is 4.09. The number of amides is 1. The summed E-state index contributed by atoms with van der Waals surface area (Å²) >= 11 is 5.81. The third kappa shape index (κ3) is 6.05. The summed E-state index contributed by atoms with van der Waals surface area (Å²) in [5.41, 5.74) is 1.37. The van der Waals surface area contributed by atoms with E-state index in [4.69, 9.17) is 16.3 Å². The van der Waals surface area contributed by atoms with Crippen LogP contribution in [0.25, 0.3) is 0 Å². The van der Waals surface area contributed by atoms with E-state index in [0.717, 1.165) is 12.0 Å². The van der Waals surface area contributed by atoms with Crippen LogP contribution in [-0.2, 0) is 13.2 Å². The molecule has 0 atom stereocenters. The Morgan fingerprint density at radius 3 is 2.72 bits per heavy atom. The summed E-state index contributed by atoms with van der Waals surface area (Å²) in [7, 11) is 0. The van der Waals surface area contributed by atoms with Crippen LogP contribution in [0, 0.1) is 10.1 Å². The number of aryl methyl sites for hydroxylation is 1. The van der Waals surface area contributed by atoms with Crippen LogP contribution in [0.15, 0.2) is 60.9 Å². The lowest BCUT2D eigenvalue weighted by molar-refractivity contribution is -0.384. The first-order valence-electron chi connectivity index (χ1n) is 8.93. The molecule has 1 heterocycles. The second kappa shape index (κ2) is 9.70. The van der Waals surface area contributed by atoms with E-state index in [1.807, 2.05) is 6.07 Å². The van der Waals surface area contributed by atoms with Gasteiger partial charge in [-0.25, -0.2) is 0 Å². The van der Waals surface area contributed by atoms with Crippen LogP contribution in [0.3, 0.4) is 0 Å². The normalized spacial score (nSPS) is 10.5. The van der Waals surface area contributed by atoms with Gasteiger partial charge in [0.15, 0.2) is 0 Å². The number of nitrogens with one attached hydrogen (secondary N) is 1. The van der Waals surface area contributed by atoms with Crippen molar-refractivity contribution in [1.29, 1.82) is 0 Å². The van der Waals surface area contributed by atoms with Gasteiger partial charge in [0.05, 0.1) is 16.1 Å². The zero-order valence-corrected chi connectivity index (χ0v) is 16.2. The molecule has 0 spiro atoms. The van der Waals surface area contributed by atoms with Gasteiger partial charge in [-0.1, -0.05) is 23.7 Å². The van der Waals surface area contributed by atoms with Gasteiger partial charge in [0.2, 0.25) is 0 Å². The van der Waals surface area contributed by atoms with Gasteiger partial charge >= 0.3 is 0 Å². The summed E-state index contributed by atoms with van der Waals surface area (Å²) in [6.07, 6.45) is 4.04. The van der Waals surface area contributed by atoms with Crippen molar-refractivity contribution in [1.82, 2.24) is 15.1 Å². The Bertz CT molecular complexity index is 988. The van der Waals surface area contributed by atoms with Gasteiger partial charge < -0.3 is 10.1 Å². The minimum atomic E-state index is -0.462. The first kappa shape index (κ1) is 20.3. The van der Waals surface area contributed by atoms with Crippen LogP contribution < -0.4 is 10.1 Å². The zero-order chi connectivity index (χ0) is 20.6. The van der Waals surface area contributed by atoms with Crippen molar-refractivity contribution in [2.75, 3.05) is 6.54 Å². The van der Waals surface area contributed by atoms with Gasteiger partial charge in [0.25, 0.3) is 11.6 Å². The number of rotatable bonds is 9. The molecule has 150 valence electrons. The van der Waals surface area contributed by atoms with Crippen LogP contribution in [0.2, 0.25) is 5.02 Å². The van der Waals surface area contributed by atoms with E-state index in [2.05, 4.69) is 10.4 Å². The SMILES string of the molecule is O=C(NCCCn1cc(Cl)cn1)c1cccc(COc2ccc([N+](=O)[O-])cc2)c1. The van der Waals surface area contributed by atoms with Gasteiger partial charge in [-0.3, -0.25) is 19.6 Å². The molecule has 0 aliphatic rings. The van der Waals surface area contributed by atoms with Crippen LogP contribution in [0.4, 0.5) is 5.69 Å². The number of nitro benzene ring substituents is 1. The molecule has 0 bridgehead atoms. The minimum absolute atomic E-state index is 0.00618. The maximum absolute atomic E-state index is 12.3. The summed E-state index contributed by atoms with van der Waals surface area (Å²) in [5.74, 6) is 0.352. The van der Waals surface area contributed by atoms with Crippen molar-refractivity contribution < 1.29 is 14.5 Å². The summed E-state index contributed by atoms with van der Waals surface area (Å²) in [4.78, 5) is 22.5. The number of aromatic nitrogens is 2. The monoisotopic (exact) mass is 414 g/mol. The maximum atomic E-state index is 12.3. The summed E-state index contributed by atoms with van der Waals surface area (Å²) in [5, 5.41) is 18.2. The molecule has 1 N–H and O–H groups in total. The number of carbonyl (C=O) groups excluding carboxylic acids is 1. The topological polar surface area (TPSA) is 99.3 Å². The van der Waals surface area contributed by atoms with Gasteiger partial charge in [0.1, 0.15) is 12.4 Å². The molecule has 0 saturated carbocycles.